The van der Waals surface area contributed by atoms with E-state index in [2.05, 4.69) is 10.2 Å². The van der Waals surface area contributed by atoms with Crippen LogP contribution in [0, 0.1) is 18.7 Å². The van der Waals surface area contributed by atoms with E-state index in [1.165, 1.54) is 18.2 Å². The second kappa shape index (κ2) is 8.28. The number of likely N-dealkylation sites (tertiary alicyclic amines) is 1. The maximum absolute atomic E-state index is 13.6. The van der Waals surface area contributed by atoms with Gasteiger partial charge in [0.05, 0.1) is 5.92 Å². The van der Waals surface area contributed by atoms with E-state index in [1.54, 1.807) is 6.92 Å². The lowest BCUT2D eigenvalue weighted by molar-refractivity contribution is -0.123. The molecule has 1 aromatic heterocycles. The van der Waals surface area contributed by atoms with Crippen LogP contribution in [0.4, 0.5) is 10.1 Å². The maximum atomic E-state index is 13.6. The number of nitrogens with one attached hydrogen (secondary N) is 1. The second-order valence-corrected chi connectivity index (χ2v) is 7.78. The van der Waals surface area contributed by atoms with Crippen LogP contribution >= 0.6 is 0 Å². The first kappa shape index (κ1) is 20.1. The lowest BCUT2D eigenvalue weighted by Crippen LogP contribution is -2.40. The number of nitrogens with two attached hydrogens (primary N) is 1. The van der Waals surface area contributed by atoms with Gasteiger partial charge < -0.3 is 15.5 Å². The minimum atomic E-state index is -0.384. The van der Waals surface area contributed by atoms with E-state index in [0.717, 1.165) is 24.9 Å². The molecule has 4 rings (SSSR count). The first-order valence-corrected chi connectivity index (χ1v) is 10.0. The van der Waals surface area contributed by atoms with Crippen LogP contribution in [0.3, 0.4) is 0 Å². The Kier molecular flexibility index (Phi) is 5.55. The Bertz CT molecular complexity index is 1110. The highest BCUT2D eigenvalue weighted by Crippen LogP contribution is 2.28. The number of furan rings is 1. The van der Waals surface area contributed by atoms with Gasteiger partial charge in [-0.1, -0.05) is 18.2 Å². The number of hydrogen-bond donors (Lipinski definition) is 2. The number of halogens is 1. The van der Waals surface area contributed by atoms with Crippen LogP contribution in [0.15, 0.2) is 46.9 Å². The minimum Gasteiger partial charge on any atom is -0.451 e. The molecule has 2 heterocycles. The van der Waals surface area contributed by atoms with E-state index in [4.69, 9.17) is 10.2 Å². The summed E-state index contributed by atoms with van der Waals surface area (Å²) < 4.78 is 19.2. The number of primary amides is 1. The van der Waals surface area contributed by atoms with Crippen molar-refractivity contribution in [3.8, 4) is 0 Å². The zero-order chi connectivity index (χ0) is 21.3. The van der Waals surface area contributed by atoms with Gasteiger partial charge in [-0.3, -0.25) is 14.5 Å². The highest BCUT2D eigenvalue weighted by molar-refractivity contribution is 6.06. The first-order valence-electron chi connectivity index (χ1n) is 10.0. The number of carbonyl (C=O) groups is 2. The van der Waals surface area contributed by atoms with Crippen molar-refractivity contribution in [2.24, 2.45) is 11.7 Å². The zero-order valence-electron chi connectivity index (χ0n) is 16.8. The second-order valence-electron chi connectivity index (χ2n) is 7.78. The van der Waals surface area contributed by atoms with E-state index in [0.29, 0.717) is 35.3 Å². The van der Waals surface area contributed by atoms with E-state index in [-0.39, 0.29) is 29.3 Å². The van der Waals surface area contributed by atoms with Crippen molar-refractivity contribution in [2.75, 3.05) is 18.4 Å². The molecule has 30 heavy (non-hydrogen) atoms. The third-order valence-electron chi connectivity index (χ3n) is 5.67. The monoisotopic (exact) mass is 409 g/mol. The molecule has 1 aliphatic heterocycles. The Morgan fingerprint density at radius 1 is 1.27 bits per heavy atom. The van der Waals surface area contributed by atoms with Gasteiger partial charge >= 0.3 is 0 Å². The average Bonchev–Trinajstić information content (AvgIpc) is 3.06. The van der Waals surface area contributed by atoms with Crippen LogP contribution < -0.4 is 11.1 Å². The molecular weight excluding hydrogens is 385 g/mol. The maximum Gasteiger partial charge on any atom is 0.291 e. The van der Waals surface area contributed by atoms with E-state index >= 15 is 0 Å². The molecule has 1 atom stereocenters. The van der Waals surface area contributed by atoms with Gasteiger partial charge in [-0.2, -0.15) is 0 Å². The summed E-state index contributed by atoms with van der Waals surface area (Å²) in [7, 11) is 0. The van der Waals surface area contributed by atoms with Gasteiger partial charge in [-0.15, -0.1) is 0 Å². The Morgan fingerprint density at radius 2 is 2.07 bits per heavy atom. The summed E-state index contributed by atoms with van der Waals surface area (Å²) >= 11 is 0. The molecule has 7 heteroatoms. The van der Waals surface area contributed by atoms with Crippen LogP contribution in [0.1, 0.15) is 34.5 Å². The van der Waals surface area contributed by atoms with E-state index in [9.17, 15) is 14.0 Å². The normalized spacial score (nSPS) is 17.2. The lowest BCUT2D eigenvalue weighted by Gasteiger charge is -2.31. The van der Waals surface area contributed by atoms with Crippen molar-refractivity contribution in [3.05, 3.63) is 65.2 Å². The molecule has 0 radical (unpaired) electrons. The number of fused-ring (bicyclic) bond motifs is 1. The Hall–Kier alpha value is -3.19. The number of hydrogen-bond acceptors (Lipinski definition) is 4. The summed E-state index contributed by atoms with van der Waals surface area (Å²) in [5, 5.41) is 3.50. The van der Waals surface area contributed by atoms with Crippen LogP contribution in [0.25, 0.3) is 11.0 Å². The molecule has 0 saturated carbocycles. The van der Waals surface area contributed by atoms with E-state index in [1.807, 2.05) is 24.3 Å². The molecule has 1 aliphatic rings. The SMILES string of the molecule is Cc1c(C(=O)Nc2ccccc2CN2CCCC(C(N)=O)C2)oc2ccc(F)cc12. The van der Waals surface area contributed by atoms with Crippen molar-refractivity contribution in [1.29, 1.82) is 0 Å². The molecule has 3 N–H and O–H groups in total. The van der Waals surface area contributed by atoms with Crippen molar-refractivity contribution in [3.63, 3.8) is 0 Å². The third kappa shape index (κ3) is 4.07. The standard InChI is InChI=1S/C23H24FN3O3/c1-14-18-11-17(24)8-9-20(18)30-21(14)23(29)26-19-7-3-2-5-15(19)12-27-10-4-6-16(13-27)22(25)28/h2-3,5,7-9,11,16H,4,6,10,12-13H2,1H3,(H2,25,28)(H,26,29). The minimum absolute atomic E-state index is 0.140. The van der Waals surface area contributed by atoms with Crippen LogP contribution in [-0.2, 0) is 11.3 Å². The van der Waals surface area contributed by atoms with Crippen molar-refractivity contribution < 1.29 is 18.4 Å². The molecule has 0 spiro atoms. The highest BCUT2D eigenvalue weighted by Gasteiger charge is 2.25. The summed E-state index contributed by atoms with van der Waals surface area (Å²) in [5.74, 6) is -1.00. The largest absolute Gasteiger partial charge is 0.451 e. The van der Waals surface area contributed by atoms with Crippen molar-refractivity contribution >= 4 is 28.5 Å². The number of para-hydroxylation sites is 1. The predicted octanol–water partition coefficient (Wildman–Crippen LogP) is 3.83. The number of anilines is 1. The van der Waals surface area contributed by atoms with Gasteiger partial charge in [0.2, 0.25) is 5.91 Å². The molecule has 3 aromatic rings. The summed E-state index contributed by atoms with van der Waals surface area (Å²) in [6.07, 6.45) is 1.73. The van der Waals surface area contributed by atoms with Gasteiger partial charge in [0.25, 0.3) is 5.91 Å². The Labute approximate surface area is 173 Å². The number of carbonyl (C=O) groups excluding carboxylic acids is 2. The molecule has 6 nitrogen and oxygen atoms in total. The van der Waals surface area contributed by atoms with Gasteiger partial charge in [0.15, 0.2) is 5.76 Å². The van der Waals surface area contributed by atoms with E-state index < -0.39 is 0 Å². The van der Waals surface area contributed by atoms with Gasteiger partial charge in [0, 0.05) is 29.7 Å². The smallest absolute Gasteiger partial charge is 0.291 e. The highest BCUT2D eigenvalue weighted by atomic mass is 19.1. The molecule has 0 aliphatic carbocycles. The number of nitrogens with zero attached hydrogens (tertiary/aromatic N) is 1. The van der Waals surface area contributed by atoms with Crippen LogP contribution in [-0.4, -0.2) is 29.8 Å². The Morgan fingerprint density at radius 3 is 2.87 bits per heavy atom. The lowest BCUT2D eigenvalue weighted by atomic mass is 9.97. The van der Waals surface area contributed by atoms with Crippen LogP contribution in [0.5, 0.6) is 0 Å². The zero-order valence-corrected chi connectivity index (χ0v) is 16.8. The quantitative estimate of drug-likeness (QED) is 0.670. The van der Waals surface area contributed by atoms with Gasteiger partial charge in [-0.25, -0.2) is 4.39 Å². The molecule has 2 amide bonds. The van der Waals surface area contributed by atoms with Gasteiger partial charge in [0.1, 0.15) is 11.4 Å². The fourth-order valence-electron chi connectivity index (χ4n) is 4.04. The van der Waals surface area contributed by atoms with Gasteiger partial charge in [-0.05, 0) is 56.1 Å². The first-order chi connectivity index (χ1) is 14.4. The summed E-state index contributed by atoms with van der Waals surface area (Å²) in [4.78, 5) is 26.6. The predicted molar refractivity (Wildman–Crippen MR) is 112 cm³/mol. The molecule has 1 fully saturated rings. The average molecular weight is 409 g/mol. The number of benzene rings is 2. The molecule has 156 valence electrons. The summed E-state index contributed by atoms with van der Waals surface area (Å²) in [5.41, 5.74) is 8.17. The topological polar surface area (TPSA) is 88.6 Å². The molecule has 2 aromatic carbocycles. The number of amides is 2. The molecule has 0 bridgehead atoms. The molecular formula is C23H24FN3O3. The number of rotatable bonds is 5. The van der Waals surface area contributed by atoms with Crippen LogP contribution in [0.2, 0.25) is 0 Å². The third-order valence-corrected chi connectivity index (χ3v) is 5.67. The Balaban J connectivity index is 1.54. The molecule has 1 unspecified atom stereocenters. The van der Waals surface area contributed by atoms with Crippen molar-refractivity contribution in [1.82, 2.24) is 4.90 Å². The number of aryl methyl sites for hydroxylation is 1. The molecule has 1 saturated heterocycles. The number of piperidine rings is 1. The summed E-state index contributed by atoms with van der Waals surface area (Å²) in [6, 6.07) is 11.7. The fraction of sp³-hybridized carbons (Fsp3) is 0.304. The van der Waals surface area contributed by atoms with Crippen molar-refractivity contribution in [2.45, 2.75) is 26.3 Å². The fourth-order valence-corrected chi connectivity index (χ4v) is 4.04. The summed E-state index contributed by atoms with van der Waals surface area (Å²) in [6.45, 7) is 3.83.